The van der Waals surface area contributed by atoms with Crippen LogP contribution in [-0.2, 0) is 5.60 Å². The van der Waals surface area contributed by atoms with Crippen molar-refractivity contribution in [2.24, 2.45) is 11.7 Å². The number of benzene rings is 2. The number of halogens is 3. The number of nitrogens with one attached hydrogen (secondary N) is 1. The molecule has 0 radical (unpaired) electrons. The Morgan fingerprint density at radius 3 is 2.49 bits per heavy atom. The summed E-state index contributed by atoms with van der Waals surface area (Å²) in [7, 11) is 0. The molecule has 11 heteroatoms. The van der Waals surface area contributed by atoms with Crippen molar-refractivity contribution in [1.29, 1.82) is 0 Å². The first kappa shape index (κ1) is 27.4. The van der Waals surface area contributed by atoms with Gasteiger partial charge in [-0.2, -0.15) is 0 Å². The first-order valence-electron chi connectivity index (χ1n) is 12.4. The van der Waals surface area contributed by atoms with Crippen LogP contribution in [0.4, 0.5) is 11.5 Å². The second-order valence-corrected chi connectivity index (χ2v) is 11.0. The SMILES string of the molecule is N/C(=C(/COc1ccc(C2(O)CCN(c3ccc(C(=O)O)cn3)C2)c(Cl)c1)Nc1c(Cl)cccc1Cl)C1CC1. The zero-order valence-electron chi connectivity index (χ0n) is 20.8. The van der Waals surface area contributed by atoms with Crippen molar-refractivity contribution >= 4 is 52.3 Å². The van der Waals surface area contributed by atoms with Crippen molar-refractivity contribution in [2.75, 3.05) is 29.9 Å². The Balaban J connectivity index is 1.29. The maximum Gasteiger partial charge on any atom is 0.337 e. The van der Waals surface area contributed by atoms with Crippen LogP contribution in [0.25, 0.3) is 0 Å². The molecule has 39 heavy (non-hydrogen) atoms. The molecule has 2 heterocycles. The van der Waals surface area contributed by atoms with E-state index >= 15 is 0 Å². The van der Waals surface area contributed by atoms with Crippen LogP contribution in [0.15, 0.2) is 66.1 Å². The van der Waals surface area contributed by atoms with E-state index in [9.17, 15) is 9.90 Å². The summed E-state index contributed by atoms with van der Waals surface area (Å²) in [5, 5.41) is 25.1. The van der Waals surface area contributed by atoms with Crippen LogP contribution < -0.4 is 20.7 Å². The fraction of sp³-hybridized carbons (Fsp3) is 0.286. The first-order chi connectivity index (χ1) is 18.6. The van der Waals surface area contributed by atoms with Crippen molar-refractivity contribution < 1.29 is 19.7 Å². The van der Waals surface area contributed by atoms with Gasteiger partial charge in [-0.25, -0.2) is 9.78 Å². The molecule has 5 N–H and O–H groups in total. The van der Waals surface area contributed by atoms with E-state index in [0.717, 1.165) is 12.8 Å². The summed E-state index contributed by atoms with van der Waals surface area (Å²) < 4.78 is 6.05. The van der Waals surface area contributed by atoms with Gasteiger partial charge < -0.3 is 30.9 Å². The monoisotopic (exact) mass is 588 g/mol. The second kappa shape index (κ2) is 11.1. The second-order valence-electron chi connectivity index (χ2n) is 9.77. The summed E-state index contributed by atoms with van der Waals surface area (Å²) in [5.74, 6) is 0.354. The number of allylic oxidation sites excluding steroid dienone is 1. The van der Waals surface area contributed by atoms with Gasteiger partial charge in [0.25, 0.3) is 0 Å². The minimum Gasteiger partial charge on any atom is -0.487 e. The minimum absolute atomic E-state index is 0.105. The topological polar surface area (TPSA) is 121 Å². The highest BCUT2D eigenvalue weighted by molar-refractivity contribution is 6.39. The number of nitrogens with two attached hydrogens (primary N) is 1. The largest absolute Gasteiger partial charge is 0.487 e. The highest BCUT2D eigenvalue weighted by atomic mass is 35.5. The van der Waals surface area contributed by atoms with Gasteiger partial charge in [0.2, 0.25) is 0 Å². The van der Waals surface area contributed by atoms with Crippen molar-refractivity contribution in [1.82, 2.24) is 4.98 Å². The molecule has 204 valence electrons. The molecule has 8 nitrogen and oxygen atoms in total. The molecule has 2 aliphatic rings. The Labute approximate surface area is 241 Å². The number of aromatic nitrogens is 1. The highest BCUT2D eigenvalue weighted by Crippen LogP contribution is 2.40. The minimum atomic E-state index is -1.20. The van der Waals surface area contributed by atoms with E-state index in [1.165, 1.54) is 12.3 Å². The molecule has 0 amide bonds. The van der Waals surface area contributed by atoms with E-state index in [0.29, 0.717) is 62.2 Å². The maximum absolute atomic E-state index is 11.4. The predicted molar refractivity (Wildman–Crippen MR) is 153 cm³/mol. The number of aromatic carboxylic acids is 1. The normalized spacial score (nSPS) is 19.5. The van der Waals surface area contributed by atoms with Crippen LogP contribution in [0, 0.1) is 5.92 Å². The zero-order valence-corrected chi connectivity index (χ0v) is 23.1. The molecule has 0 spiro atoms. The van der Waals surface area contributed by atoms with Gasteiger partial charge in [-0.1, -0.05) is 46.9 Å². The standard InChI is InChI=1S/C28H27Cl3N4O4/c29-20-2-1-3-21(30)26(20)34-23(25(32)16-4-5-16)14-39-18-7-8-19(22(31)12-18)28(38)10-11-35(15-28)24-9-6-17(13-33-24)27(36)37/h1-3,6-9,12-13,16,34,38H,4-5,10-11,14-15,32H2,(H,36,37)/b25-23-. The molecule has 0 bridgehead atoms. The number of aliphatic hydroxyl groups is 1. The average molecular weight is 590 g/mol. The molecular formula is C28H27Cl3N4O4. The number of pyridine rings is 1. The molecule has 1 saturated heterocycles. The van der Waals surface area contributed by atoms with E-state index in [4.69, 9.17) is 50.4 Å². The maximum atomic E-state index is 11.4. The van der Waals surface area contributed by atoms with E-state index in [1.54, 1.807) is 42.5 Å². The number of carboxylic acid groups (broad SMARTS) is 1. The Hall–Kier alpha value is -3.17. The third-order valence-corrected chi connectivity index (χ3v) is 7.94. The van der Waals surface area contributed by atoms with Crippen LogP contribution in [0.2, 0.25) is 15.1 Å². The van der Waals surface area contributed by atoms with Crippen LogP contribution >= 0.6 is 34.8 Å². The van der Waals surface area contributed by atoms with Gasteiger partial charge in [0.1, 0.15) is 23.8 Å². The van der Waals surface area contributed by atoms with Gasteiger partial charge in [0.15, 0.2) is 0 Å². The molecule has 1 aliphatic carbocycles. The summed E-state index contributed by atoms with van der Waals surface area (Å²) in [5.41, 5.74) is 7.86. The van der Waals surface area contributed by atoms with Crippen LogP contribution in [-0.4, -0.2) is 40.9 Å². The van der Waals surface area contributed by atoms with E-state index in [2.05, 4.69) is 10.3 Å². The Bertz CT molecular complexity index is 1410. The lowest BCUT2D eigenvalue weighted by atomic mass is 9.93. The molecule has 1 aliphatic heterocycles. The molecule has 2 aromatic carbocycles. The van der Waals surface area contributed by atoms with Crippen LogP contribution in [0.3, 0.4) is 0 Å². The van der Waals surface area contributed by atoms with Gasteiger partial charge in [-0.3, -0.25) is 0 Å². The first-order valence-corrected chi connectivity index (χ1v) is 13.6. The number of carbonyl (C=O) groups is 1. The lowest BCUT2D eigenvalue weighted by Crippen LogP contribution is -2.31. The van der Waals surface area contributed by atoms with Gasteiger partial charge in [-0.15, -0.1) is 0 Å². The van der Waals surface area contributed by atoms with Crippen molar-refractivity contribution in [3.05, 3.63) is 92.3 Å². The van der Waals surface area contributed by atoms with E-state index in [1.807, 2.05) is 4.90 Å². The van der Waals surface area contributed by atoms with Gasteiger partial charge in [0.05, 0.1) is 38.6 Å². The number of anilines is 2. The summed E-state index contributed by atoms with van der Waals surface area (Å²) in [4.78, 5) is 17.2. The number of para-hydroxylation sites is 1. The Morgan fingerprint density at radius 2 is 1.87 bits per heavy atom. The third kappa shape index (κ3) is 6.04. The van der Waals surface area contributed by atoms with Gasteiger partial charge >= 0.3 is 5.97 Å². The number of hydrogen-bond acceptors (Lipinski definition) is 7. The highest BCUT2D eigenvalue weighted by Gasteiger charge is 2.39. The molecule has 3 aromatic rings. The number of hydrogen-bond donors (Lipinski definition) is 4. The Morgan fingerprint density at radius 1 is 1.13 bits per heavy atom. The lowest BCUT2D eigenvalue weighted by molar-refractivity contribution is 0.0606. The quantitative estimate of drug-likeness (QED) is 0.243. The van der Waals surface area contributed by atoms with Gasteiger partial charge in [-0.05, 0) is 55.7 Å². The predicted octanol–water partition coefficient (Wildman–Crippen LogP) is 5.91. The van der Waals surface area contributed by atoms with Crippen molar-refractivity contribution in [3.8, 4) is 5.75 Å². The molecule has 1 aromatic heterocycles. The van der Waals surface area contributed by atoms with Crippen LogP contribution in [0.1, 0.15) is 35.2 Å². The molecule has 1 saturated carbocycles. The zero-order chi connectivity index (χ0) is 27.7. The fourth-order valence-electron chi connectivity index (χ4n) is 4.63. The molecule has 5 rings (SSSR count). The number of ether oxygens (including phenoxy) is 1. The van der Waals surface area contributed by atoms with E-state index < -0.39 is 11.6 Å². The molecule has 1 atom stereocenters. The van der Waals surface area contributed by atoms with Crippen LogP contribution in [0.5, 0.6) is 5.75 Å². The van der Waals surface area contributed by atoms with Crippen molar-refractivity contribution in [2.45, 2.75) is 24.9 Å². The smallest absolute Gasteiger partial charge is 0.337 e. The van der Waals surface area contributed by atoms with E-state index in [-0.39, 0.29) is 24.6 Å². The summed E-state index contributed by atoms with van der Waals surface area (Å²) in [6, 6.07) is 13.6. The summed E-state index contributed by atoms with van der Waals surface area (Å²) >= 11 is 19.3. The molecule has 2 fully saturated rings. The number of rotatable bonds is 9. The fourth-order valence-corrected chi connectivity index (χ4v) is 5.47. The number of β-amino-alcohol motifs (C(OH)–C–C–N with tert-alkyl or cyclic N) is 1. The van der Waals surface area contributed by atoms with Crippen molar-refractivity contribution in [3.63, 3.8) is 0 Å². The number of carboxylic acids is 1. The Kier molecular flexibility index (Phi) is 7.82. The van der Waals surface area contributed by atoms with Gasteiger partial charge in [0, 0.05) is 29.9 Å². The molecule has 1 unspecified atom stereocenters. The summed E-state index contributed by atoms with van der Waals surface area (Å²) in [6.07, 6.45) is 3.77. The third-order valence-electron chi connectivity index (χ3n) is 7.00. The summed E-state index contributed by atoms with van der Waals surface area (Å²) in [6.45, 7) is 0.949. The average Bonchev–Trinajstić information content (AvgIpc) is 3.69. The lowest BCUT2D eigenvalue weighted by Gasteiger charge is -2.26. The molecular weight excluding hydrogens is 563 g/mol. The number of nitrogens with zero attached hydrogens (tertiary/aromatic N) is 2.